The number of nitrogens with zero attached hydrogens (tertiary/aromatic N) is 1. The van der Waals surface area contributed by atoms with E-state index in [9.17, 15) is 0 Å². The minimum atomic E-state index is 0.882. The third kappa shape index (κ3) is 2.42. The number of ether oxygens (including phenoxy) is 1. The Bertz CT molecular complexity index is 151. The third-order valence-electron chi connectivity index (χ3n) is 3.18. The average Bonchev–Trinajstić information content (AvgIpc) is 2.14. The molecule has 0 unspecified atom stereocenters. The van der Waals surface area contributed by atoms with Crippen LogP contribution in [0.5, 0.6) is 0 Å². The molecule has 2 bridgehead atoms. The monoisotopic (exact) mass is 184 g/mol. The summed E-state index contributed by atoms with van der Waals surface area (Å²) in [7, 11) is 1.78. The zero-order valence-electron chi connectivity index (χ0n) is 8.46. The first-order valence-corrected chi connectivity index (χ1v) is 5.30. The van der Waals surface area contributed by atoms with E-state index in [0.29, 0.717) is 0 Å². The number of likely N-dealkylation sites (tertiary alicyclic amines) is 1. The molecule has 3 heteroatoms. The van der Waals surface area contributed by atoms with Gasteiger partial charge in [-0.3, -0.25) is 0 Å². The van der Waals surface area contributed by atoms with Gasteiger partial charge in [0, 0.05) is 26.7 Å². The number of fused-ring (bicyclic) bond motifs is 2. The molecule has 0 aliphatic carbocycles. The van der Waals surface area contributed by atoms with E-state index in [-0.39, 0.29) is 0 Å². The average molecular weight is 184 g/mol. The molecule has 76 valence electrons. The number of nitrogens with one attached hydrogen (secondary N) is 1. The molecular formula is C10H20N2O. The van der Waals surface area contributed by atoms with Gasteiger partial charge in [-0.2, -0.15) is 0 Å². The zero-order valence-corrected chi connectivity index (χ0v) is 8.46. The Morgan fingerprint density at radius 1 is 1.31 bits per heavy atom. The molecule has 2 atom stereocenters. The molecule has 2 saturated heterocycles. The van der Waals surface area contributed by atoms with Gasteiger partial charge in [-0.15, -0.1) is 0 Å². The number of hydrogen-bond donors (Lipinski definition) is 1. The van der Waals surface area contributed by atoms with Crippen molar-refractivity contribution in [2.24, 2.45) is 11.8 Å². The molecule has 0 saturated carbocycles. The van der Waals surface area contributed by atoms with E-state index in [1.54, 1.807) is 7.11 Å². The van der Waals surface area contributed by atoms with Crippen molar-refractivity contribution >= 4 is 0 Å². The van der Waals surface area contributed by atoms with Gasteiger partial charge in [-0.05, 0) is 31.3 Å². The van der Waals surface area contributed by atoms with Gasteiger partial charge in [0.2, 0.25) is 0 Å². The Kier molecular flexibility index (Phi) is 3.19. The van der Waals surface area contributed by atoms with Crippen molar-refractivity contribution in [3.05, 3.63) is 0 Å². The molecule has 13 heavy (non-hydrogen) atoms. The van der Waals surface area contributed by atoms with Crippen LogP contribution in [0.15, 0.2) is 0 Å². The lowest BCUT2D eigenvalue weighted by Crippen LogP contribution is -2.51. The second-order valence-corrected chi connectivity index (χ2v) is 4.38. The molecule has 2 heterocycles. The van der Waals surface area contributed by atoms with Crippen molar-refractivity contribution in [3.63, 3.8) is 0 Å². The largest absolute Gasteiger partial charge is 0.383 e. The van der Waals surface area contributed by atoms with E-state index in [0.717, 1.165) is 25.0 Å². The summed E-state index contributed by atoms with van der Waals surface area (Å²) in [6, 6.07) is 0. The highest BCUT2D eigenvalue weighted by atomic mass is 16.5. The fraction of sp³-hybridized carbons (Fsp3) is 1.00. The lowest BCUT2D eigenvalue weighted by atomic mass is 9.86. The third-order valence-corrected chi connectivity index (χ3v) is 3.18. The Labute approximate surface area is 80.4 Å². The van der Waals surface area contributed by atoms with Gasteiger partial charge in [-0.1, -0.05) is 0 Å². The van der Waals surface area contributed by atoms with Crippen molar-refractivity contribution in [1.29, 1.82) is 0 Å². The smallest absolute Gasteiger partial charge is 0.0589 e. The molecule has 0 amide bonds. The van der Waals surface area contributed by atoms with Crippen molar-refractivity contribution < 1.29 is 4.74 Å². The molecule has 2 fully saturated rings. The maximum Gasteiger partial charge on any atom is 0.0589 e. The van der Waals surface area contributed by atoms with E-state index < -0.39 is 0 Å². The van der Waals surface area contributed by atoms with Gasteiger partial charge in [0.15, 0.2) is 0 Å². The van der Waals surface area contributed by atoms with Crippen molar-refractivity contribution in [1.82, 2.24) is 10.2 Å². The fourth-order valence-corrected chi connectivity index (χ4v) is 2.62. The van der Waals surface area contributed by atoms with Gasteiger partial charge < -0.3 is 15.0 Å². The van der Waals surface area contributed by atoms with Crippen LogP contribution >= 0.6 is 0 Å². The van der Waals surface area contributed by atoms with Gasteiger partial charge >= 0.3 is 0 Å². The predicted octanol–water partition coefficient (Wildman–Crippen LogP) is 0.174. The molecule has 2 aliphatic heterocycles. The minimum absolute atomic E-state index is 0.882. The summed E-state index contributed by atoms with van der Waals surface area (Å²) in [5.41, 5.74) is 0. The van der Waals surface area contributed by atoms with E-state index in [4.69, 9.17) is 4.74 Å². The fourth-order valence-electron chi connectivity index (χ4n) is 2.62. The van der Waals surface area contributed by atoms with Gasteiger partial charge in [0.25, 0.3) is 0 Å². The minimum Gasteiger partial charge on any atom is -0.383 e. The highest BCUT2D eigenvalue weighted by Crippen LogP contribution is 2.23. The highest BCUT2D eigenvalue weighted by Gasteiger charge is 2.29. The van der Waals surface area contributed by atoms with Crippen LogP contribution in [0.25, 0.3) is 0 Å². The van der Waals surface area contributed by atoms with Crippen LogP contribution in [-0.4, -0.2) is 51.3 Å². The van der Waals surface area contributed by atoms with E-state index in [2.05, 4.69) is 10.2 Å². The summed E-state index contributed by atoms with van der Waals surface area (Å²) >= 11 is 0. The van der Waals surface area contributed by atoms with Crippen LogP contribution in [0.1, 0.15) is 6.42 Å². The summed E-state index contributed by atoms with van der Waals surface area (Å²) in [4.78, 5) is 2.56. The lowest BCUT2D eigenvalue weighted by molar-refractivity contribution is 0.0703. The van der Waals surface area contributed by atoms with Crippen LogP contribution in [0.4, 0.5) is 0 Å². The Balaban J connectivity index is 1.80. The Morgan fingerprint density at radius 3 is 2.62 bits per heavy atom. The standard InChI is InChI=1S/C10H20N2O/c1-13-3-2-12-7-9-4-10(8-12)6-11-5-9/h9-11H,2-8H2,1H3/t9-,10-/m1/s1. The first kappa shape index (κ1) is 9.44. The topological polar surface area (TPSA) is 24.5 Å². The predicted molar refractivity (Wildman–Crippen MR) is 52.8 cm³/mol. The van der Waals surface area contributed by atoms with Crippen molar-refractivity contribution in [2.75, 3.05) is 46.4 Å². The maximum atomic E-state index is 5.11. The molecule has 1 N–H and O–H groups in total. The van der Waals surface area contributed by atoms with Crippen LogP contribution in [0.2, 0.25) is 0 Å². The van der Waals surface area contributed by atoms with E-state index in [1.807, 2.05) is 0 Å². The van der Waals surface area contributed by atoms with Gasteiger partial charge in [0.05, 0.1) is 6.61 Å². The second kappa shape index (κ2) is 4.40. The van der Waals surface area contributed by atoms with E-state index in [1.165, 1.54) is 32.6 Å². The number of hydrogen-bond acceptors (Lipinski definition) is 3. The normalized spacial score (nSPS) is 34.8. The quantitative estimate of drug-likeness (QED) is 0.677. The van der Waals surface area contributed by atoms with Crippen molar-refractivity contribution in [2.45, 2.75) is 6.42 Å². The van der Waals surface area contributed by atoms with Gasteiger partial charge in [0.1, 0.15) is 0 Å². The lowest BCUT2D eigenvalue weighted by Gasteiger charge is -2.41. The number of methoxy groups -OCH3 is 1. The van der Waals surface area contributed by atoms with Gasteiger partial charge in [-0.25, -0.2) is 0 Å². The van der Waals surface area contributed by atoms with Crippen LogP contribution in [-0.2, 0) is 4.74 Å². The SMILES string of the molecule is COCCN1C[C@H]2CNC[C@@H](C2)C1. The van der Waals surface area contributed by atoms with Crippen molar-refractivity contribution in [3.8, 4) is 0 Å². The molecule has 0 aromatic heterocycles. The molecular weight excluding hydrogens is 164 g/mol. The first-order valence-electron chi connectivity index (χ1n) is 5.30. The zero-order chi connectivity index (χ0) is 9.10. The molecule has 2 rings (SSSR count). The van der Waals surface area contributed by atoms with Crippen LogP contribution in [0, 0.1) is 11.8 Å². The second-order valence-electron chi connectivity index (χ2n) is 4.38. The molecule has 0 radical (unpaired) electrons. The highest BCUT2D eigenvalue weighted by molar-refractivity contribution is 4.85. The molecule has 0 aromatic rings. The Hall–Kier alpha value is -0.120. The summed E-state index contributed by atoms with van der Waals surface area (Å²) in [6.07, 6.45) is 1.44. The molecule has 0 spiro atoms. The molecule has 3 nitrogen and oxygen atoms in total. The molecule has 2 aliphatic rings. The van der Waals surface area contributed by atoms with E-state index >= 15 is 0 Å². The summed E-state index contributed by atoms with van der Waals surface area (Å²) in [5, 5.41) is 3.51. The Morgan fingerprint density at radius 2 is 2.00 bits per heavy atom. The first-order chi connectivity index (χ1) is 6.38. The van der Waals surface area contributed by atoms with Crippen LogP contribution < -0.4 is 5.32 Å². The number of rotatable bonds is 3. The van der Waals surface area contributed by atoms with Crippen LogP contribution in [0.3, 0.4) is 0 Å². The summed E-state index contributed by atoms with van der Waals surface area (Å²) in [6.45, 7) is 6.98. The summed E-state index contributed by atoms with van der Waals surface area (Å²) in [5.74, 6) is 1.79. The summed E-state index contributed by atoms with van der Waals surface area (Å²) < 4.78 is 5.11. The number of piperidine rings is 2. The maximum absolute atomic E-state index is 5.11. The molecule has 0 aromatic carbocycles.